The molecular formula is C13H12N4O5S. The first-order valence-corrected chi connectivity index (χ1v) is 7.54. The van der Waals surface area contributed by atoms with E-state index in [9.17, 15) is 13.2 Å². The van der Waals surface area contributed by atoms with Crippen molar-refractivity contribution in [1.29, 1.82) is 0 Å². The van der Waals surface area contributed by atoms with Crippen LogP contribution in [0.3, 0.4) is 0 Å². The predicted octanol–water partition coefficient (Wildman–Crippen LogP) is 2.21. The smallest absolute Gasteiger partial charge is 0.338 e. The maximum absolute atomic E-state index is 11.3. The third kappa shape index (κ3) is 3.62. The number of rotatable bonds is 4. The van der Waals surface area contributed by atoms with Gasteiger partial charge in [-0.15, -0.1) is 10.2 Å². The van der Waals surface area contributed by atoms with Crippen molar-refractivity contribution in [3.8, 4) is 0 Å². The molecule has 23 heavy (non-hydrogen) atoms. The zero-order valence-corrected chi connectivity index (χ0v) is 12.4. The lowest BCUT2D eigenvalue weighted by atomic mass is 10.1. The van der Waals surface area contributed by atoms with Crippen LogP contribution in [-0.2, 0) is 10.1 Å². The third-order valence-electron chi connectivity index (χ3n) is 2.79. The highest BCUT2D eigenvalue weighted by atomic mass is 32.2. The number of carboxylic acids is 1. The number of azo groups is 1. The van der Waals surface area contributed by atoms with E-state index in [-0.39, 0.29) is 28.3 Å². The summed E-state index contributed by atoms with van der Waals surface area (Å²) in [5.74, 6) is -1.32. The van der Waals surface area contributed by atoms with Crippen molar-refractivity contribution in [1.82, 2.24) is 0 Å². The Morgan fingerprint density at radius 1 is 1.09 bits per heavy atom. The Balaban J connectivity index is 2.57. The number of hydrogen-bond donors (Lipinski definition) is 4. The van der Waals surface area contributed by atoms with Crippen molar-refractivity contribution >= 4 is 38.8 Å². The Morgan fingerprint density at radius 3 is 2.35 bits per heavy atom. The fourth-order valence-electron chi connectivity index (χ4n) is 1.82. The van der Waals surface area contributed by atoms with Crippen molar-refractivity contribution in [2.24, 2.45) is 10.2 Å². The highest BCUT2D eigenvalue weighted by molar-refractivity contribution is 7.86. The van der Waals surface area contributed by atoms with E-state index in [2.05, 4.69) is 10.2 Å². The summed E-state index contributed by atoms with van der Waals surface area (Å²) < 4.78 is 31.7. The SMILES string of the molecule is Nc1cc(N)c(N=Nc2ccccc2S(=O)(=O)O)c(C(=O)O)c1. The van der Waals surface area contributed by atoms with Crippen LogP contribution in [0.5, 0.6) is 0 Å². The molecule has 0 aliphatic rings. The number of aromatic carboxylic acids is 1. The third-order valence-corrected chi connectivity index (χ3v) is 3.69. The van der Waals surface area contributed by atoms with Crippen LogP contribution >= 0.6 is 0 Å². The molecule has 6 N–H and O–H groups in total. The largest absolute Gasteiger partial charge is 0.478 e. The minimum atomic E-state index is -4.50. The Kier molecular flexibility index (Phi) is 4.29. The van der Waals surface area contributed by atoms with Gasteiger partial charge in [0, 0.05) is 5.69 Å². The van der Waals surface area contributed by atoms with Crippen LogP contribution in [0.25, 0.3) is 0 Å². The van der Waals surface area contributed by atoms with E-state index >= 15 is 0 Å². The summed E-state index contributed by atoms with van der Waals surface area (Å²) in [6, 6.07) is 7.75. The molecule has 0 saturated carbocycles. The van der Waals surface area contributed by atoms with Crippen LogP contribution in [0.1, 0.15) is 10.4 Å². The second-order valence-corrected chi connectivity index (χ2v) is 5.84. The molecule has 0 spiro atoms. The predicted molar refractivity (Wildman–Crippen MR) is 82.7 cm³/mol. The molecule has 2 aromatic rings. The van der Waals surface area contributed by atoms with Crippen molar-refractivity contribution in [2.75, 3.05) is 11.5 Å². The number of carbonyl (C=O) groups is 1. The first-order valence-electron chi connectivity index (χ1n) is 6.10. The average molecular weight is 336 g/mol. The molecule has 120 valence electrons. The topological polar surface area (TPSA) is 168 Å². The first kappa shape index (κ1) is 16.4. The molecule has 10 heteroatoms. The second kappa shape index (κ2) is 6.02. The van der Waals surface area contributed by atoms with Gasteiger partial charge in [0.2, 0.25) is 0 Å². The number of benzene rings is 2. The molecule has 0 heterocycles. The molecule has 0 aliphatic carbocycles. The maximum atomic E-state index is 11.3. The van der Waals surface area contributed by atoms with Crippen LogP contribution in [-0.4, -0.2) is 24.0 Å². The van der Waals surface area contributed by atoms with Crippen molar-refractivity contribution in [2.45, 2.75) is 4.90 Å². The molecule has 2 rings (SSSR count). The Morgan fingerprint density at radius 2 is 1.74 bits per heavy atom. The van der Waals surface area contributed by atoms with E-state index in [1.54, 1.807) is 0 Å². The molecule has 2 aromatic carbocycles. The van der Waals surface area contributed by atoms with Gasteiger partial charge in [-0.1, -0.05) is 12.1 Å². The number of anilines is 2. The lowest BCUT2D eigenvalue weighted by molar-refractivity contribution is 0.0698. The monoisotopic (exact) mass is 336 g/mol. The Hall–Kier alpha value is -2.98. The molecule has 0 unspecified atom stereocenters. The van der Waals surface area contributed by atoms with Crippen LogP contribution < -0.4 is 11.5 Å². The van der Waals surface area contributed by atoms with Gasteiger partial charge in [-0.05, 0) is 24.3 Å². The van der Waals surface area contributed by atoms with E-state index in [1.807, 2.05) is 0 Å². The van der Waals surface area contributed by atoms with E-state index in [4.69, 9.17) is 21.1 Å². The fourth-order valence-corrected chi connectivity index (χ4v) is 2.44. The van der Waals surface area contributed by atoms with Crippen molar-refractivity contribution < 1.29 is 22.9 Å². The van der Waals surface area contributed by atoms with E-state index in [0.717, 1.165) is 12.1 Å². The zero-order valence-electron chi connectivity index (χ0n) is 11.5. The highest BCUT2D eigenvalue weighted by Crippen LogP contribution is 2.32. The Labute approximate surface area is 131 Å². The van der Waals surface area contributed by atoms with Crippen LogP contribution in [0, 0.1) is 0 Å². The van der Waals surface area contributed by atoms with Gasteiger partial charge in [0.15, 0.2) is 0 Å². The second-order valence-electron chi connectivity index (χ2n) is 4.45. The van der Waals surface area contributed by atoms with Crippen molar-refractivity contribution in [3.63, 3.8) is 0 Å². The summed E-state index contributed by atoms with van der Waals surface area (Å²) in [6.07, 6.45) is 0. The highest BCUT2D eigenvalue weighted by Gasteiger charge is 2.17. The van der Waals surface area contributed by atoms with E-state index in [1.165, 1.54) is 24.3 Å². The normalized spacial score (nSPS) is 11.7. The van der Waals surface area contributed by atoms with Gasteiger partial charge >= 0.3 is 5.97 Å². The van der Waals surface area contributed by atoms with Gasteiger partial charge in [-0.2, -0.15) is 8.42 Å². The van der Waals surface area contributed by atoms with Crippen LogP contribution in [0.4, 0.5) is 22.7 Å². The van der Waals surface area contributed by atoms with Gasteiger partial charge < -0.3 is 16.6 Å². The van der Waals surface area contributed by atoms with Gasteiger partial charge in [0.1, 0.15) is 16.3 Å². The molecule has 0 aromatic heterocycles. The number of nitrogen functional groups attached to an aromatic ring is 2. The van der Waals surface area contributed by atoms with Crippen LogP contribution in [0.2, 0.25) is 0 Å². The first-order chi connectivity index (χ1) is 10.7. The molecule has 0 aliphatic heterocycles. The molecule has 0 atom stereocenters. The molecule has 0 amide bonds. The van der Waals surface area contributed by atoms with Gasteiger partial charge in [0.05, 0.1) is 11.3 Å². The molecule has 0 fully saturated rings. The zero-order chi connectivity index (χ0) is 17.2. The quantitative estimate of drug-likeness (QED) is 0.377. The fraction of sp³-hybridized carbons (Fsp3) is 0. The van der Waals surface area contributed by atoms with Crippen LogP contribution in [0.15, 0.2) is 51.5 Å². The minimum absolute atomic E-state index is 0.0320. The summed E-state index contributed by atoms with van der Waals surface area (Å²) in [5.41, 5.74) is 10.7. The molecule has 9 nitrogen and oxygen atoms in total. The van der Waals surface area contributed by atoms with E-state index in [0.29, 0.717) is 0 Å². The van der Waals surface area contributed by atoms with Gasteiger partial charge in [-0.25, -0.2) is 4.79 Å². The molecule has 0 radical (unpaired) electrons. The Bertz CT molecular complexity index is 909. The summed E-state index contributed by atoms with van der Waals surface area (Å²) in [5, 5.41) is 16.5. The van der Waals surface area contributed by atoms with E-state index < -0.39 is 21.0 Å². The summed E-state index contributed by atoms with van der Waals surface area (Å²) in [6.45, 7) is 0. The lowest BCUT2D eigenvalue weighted by Gasteiger charge is -2.06. The minimum Gasteiger partial charge on any atom is -0.478 e. The number of nitrogens with zero attached hydrogens (tertiary/aromatic N) is 2. The summed E-state index contributed by atoms with van der Waals surface area (Å²) in [4.78, 5) is 10.8. The maximum Gasteiger partial charge on any atom is 0.338 e. The lowest BCUT2D eigenvalue weighted by Crippen LogP contribution is -2.01. The molecular weight excluding hydrogens is 324 g/mol. The summed E-state index contributed by atoms with van der Waals surface area (Å²) >= 11 is 0. The standard InChI is InChI=1S/C13H12N4O5S/c14-7-5-8(13(18)19)12(9(15)6-7)17-16-10-3-1-2-4-11(10)23(20,21)22/h1-6H,14-15H2,(H,18,19)(H,20,21,22). The van der Waals surface area contributed by atoms with Crippen molar-refractivity contribution in [3.05, 3.63) is 42.0 Å². The number of hydrogen-bond acceptors (Lipinski definition) is 7. The van der Waals surface area contributed by atoms with Gasteiger partial charge in [0.25, 0.3) is 10.1 Å². The van der Waals surface area contributed by atoms with Gasteiger partial charge in [-0.3, -0.25) is 4.55 Å². The number of nitrogens with two attached hydrogens (primary N) is 2. The average Bonchev–Trinajstić information content (AvgIpc) is 2.44. The summed E-state index contributed by atoms with van der Waals surface area (Å²) in [7, 11) is -4.50. The molecule has 0 saturated heterocycles. The molecule has 0 bridgehead atoms. The number of carboxylic acid groups (broad SMARTS) is 1.